The molecular formula is C22H26N4O3S. The SMILES string of the molecule is CC(C)(C)c1ccc(S(=O)(=O)N2CCN(C(=O)c3cccc4cn[nH]c34)CC2)cc1. The van der Waals surface area contributed by atoms with Crippen LogP contribution in [0.5, 0.6) is 0 Å². The van der Waals surface area contributed by atoms with E-state index in [1.165, 1.54) is 4.31 Å². The standard InChI is InChI=1S/C22H26N4O3S/c1-22(2,3)17-7-9-18(10-8-17)30(28,29)26-13-11-25(12-14-26)21(27)19-6-4-5-16-15-23-24-20(16)19/h4-10,15H,11-14H2,1-3H3,(H,23,24). The predicted molar refractivity (Wildman–Crippen MR) is 116 cm³/mol. The molecule has 30 heavy (non-hydrogen) atoms. The third kappa shape index (κ3) is 3.73. The minimum absolute atomic E-state index is 0.0359. The van der Waals surface area contributed by atoms with Gasteiger partial charge in [-0.25, -0.2) is 8.42 Å². The van der Waals surface area contributed by atoms with E-state index in [4.69, 9.17) is 0 Å². The largest absolute Gasteiger partial charge is 0.336 e. The summed E-state index contributed by atoms with van der Waals surface area (Å²) in [4.78, 5) is 15.0. The zero-order valence-electron chi connectivity index (χ0n) is 17.4. The van der Waals surface area contributed by atoms with Crippen LogP contribution in [0.1, 0.15) is 36.7 Å². The van der Waals surface area contributed by atoms with Crippen molar-refractivity contribution >= 4 is 26.8 Å². The first-order valence-corrected chi connectivity index (χ1v) is 11.4. The minimum Gasteiger partial charge on any atom is -0.336 e. The molecule has 4 rings (SSSR count). The Labute approximate surface area is 176 Å². The summed E-state index contributed by atoms with van der Waals surface area (Å²) in [5.74, 6) is -0.114. The Morgan fingerprint density at radius 1 is 1.00 bits per heavy atom. The smallest absolute Gasteiger partial charge is 0.256 e. The lowest BCUT2D eigenvalue weighted by molar-refractivity contribution is 0.0699. The maximum absolute atomic E-state index is 13.0. The van der Waals surface area contributed by atoms with Gasteiger partial charge in [-0.05, 0) is 29.2 Å². The van der Waals surface area contributed by atoms with Crippen molar-refractivity contribution in [1.82, 2.24) is 19.4 Å². The van der Waals surface area contributed by atoms with E-state index in [0.717, 1.165) is 10.9 Å². The molecule has 1 aliphatic heterocycles. The molecule has 1 saturated heterocycles. The first kappa shape index (κ1) is 20.6. The van der Waals surface area contributed by atoms with E-state index in [1.807, 2.05) is 24.3 Å². The fourth-order valence-corrected chi connectivity index (χ4v) is 5.15. The molecule has 1 fully saturated rings. The van der Waals surface area contributed by atoms with Gasteiger partial charge in [-0.3, -0.25) is 9.89 Å². The number of nitrogens with zero attached hydrogens (tertiary/aromatic N) is 3. The van der Waals surface area contributed by atoms with Crippen molar-refractivity contribution < 1.29 is 13.2 Å². The van der Waals surface area contributed by atoms with Crippen molar-refractivity contribution in [2.24, 2.45) is 0 Å². The van der Waals surface area contributed by atoms with E-state index in [-0.39, 0.29) is 29.3 Å². The highest BCUT2D eigenvalue weighted by Gasteiger charge is 2.31. The maximum atomic E-state index is 13.0. The van der Waals surface area contributed by atoms with Gasteiger partial charge < -0.3 is 4.90 Å². The first-order valence-electron chi connectivity index (χ1n) is 10.00. The molecule has 1 aliphatic rings. The van der Waals surface area contributed by atoms with E-state index in [1.54, 1.807) is 29.3 Å². The number of aromatic nitrogens is 2. The van der Waals surface area contributed by atoms with E-state index in [9.17, 15) is 13.2 Å². The molecule has 0 unspecified atom stereocenters. The van der Waals surface area contributed by atoms with Crippen molar-refractivity contribution in [3.8, 4) is 0 Å². The average Bonchev–Trinajstić information content (AvgIpc) is 3.22. The summed E-state index contributed by atoms with van der Waals surface area (Å²) >= 11 is 0. The van der Waals surface area contributed by atoms with Crippen LogP contribution < -0.4 is 0 Å². The van der Waals surface area contributed by atoms with Crippen molar-refractivity contribution in [2.75, 3.05) is 26.2 Å². The lowest BCUT2D eigenvalue weighted by Gasteiger charge is -2.34. The third-order valence-electron chi connectivity index (χ3n) is 5.59. The number of carbonyl (C=O) groups excluding carboxylic acids is 1. The summed E-state index contributed by atoms with van der Waals surface area (Å²) in [6.07, 6.45) is 1.68. The summed E-state index contributed by atoms with van der Waals surface area (Å²) in [6.45, 7) is 7.52. The molecule has 158 valence electrons. The highest BCUT2D eigenvalue weighted by Crippen LogP contribution is 2.25. The van der Waals surface area contributed by atoms with Gasteiger partial charge in [0, 0.05) is 31.6 Å². The van der Waals surface area contributed by atoms with Gasteiger partial charge in [0.1, 0.15) is 0 Å². The van der Waals surface area contributed by atoms with Gasteiger partial charge in [-0.15, -0.1) is 0 Å². The third-order valence-corrected chi connectivity index (χ3v) is 7.50. The molecule has 0 saturated carbocycles. The summed E-state index contributed by atoms with van der Waals surface area (Å²) in [6, 6.07) is 12.6. The number of sulfonamides is 1. The molecule has 1 N–H and O–H groups in total. The number of benzene rings is 2. The zero-order chi connectivity index (χ0) is 21.5. The topological polar surface area (TPSA) is 86.4 Å². The highest BCUT2D eigenvalue weighted by molar-refractivity contribution is 7.89. The number of aromatic amines is 1. The number of nitrogens with one attached hydrogen (secondary N) is 1. The fraction of sp³-hybridized carbons (Fsp3) is 0.364. The van der Waals surface area contributed by atoms with Crippen molar-refractivity contribution in [2.45, 2.75) is 31.1 Å². The molecule has 3 aromatic rings. The molecule has 8 heteroatoms. The molecule has 0 bridgehead atoms. The van der Waals surface area contributed by atoms with Crippen LogP contribution in [-0.4, -0.2) is 59.9 Å². The van der Waals surface area contributed by atoms with Gasteiger partial charge in [-0.2, -0.15) is 9.40 Å². The van der Waals surface area contributed by atoms with Gasteiger partial charge in [-0.1, -0.05) is 45.0 Å². The molecule has 2 aromatic carbocycles. The van der Waals surface area contributed by atoms with Gasteiger partial charge >= 0.3 is 0 Å². The molecule has 0 aliphatic carbocycles. The molecule has 7 nitrogen and oxygen atoms in total. The number of H-pyrrole nitrogens is 1. The molecule has 0 radical (unpaired) electrons. The molecule has 0 spiro atoms. The number of amides is 1. The van der Waals surface area contributed by atoms with Crippen LogP contribution in [0, 0.1) is 0 Å². The average molecular weight is 427 g/mol. The number of hydrogen-bond donors (Lipinski definition) is 1. The molecule has 1 amide bonds. The fourth-order valence-electron chi connectivity index (χ4n) is 3.72. The molecule has 0 atom stereocenters. The monoisotopic (exact) mass is 426 g/mol. The van der Waals surface area contributed by atoms with Crippen molar-refractivity contribution in [3.63, 3.8) is 0 Å². The van der Waals surface area contributed by atoms with E-state index >= 15 is 0 Å². The second kappa shape index (κ2) is 7.52. The van der Waals surface area contributed by atoms with E-state index in [0.29, 0.717) is 24.2 Å². The summed E-state index contributed by atoms with van der Waals surface area (Å²) in [5.41, 5.74) is 2.31. The number of rotatable bonds is 3. The Hall–Kier alpha value is -2.71. The van der Waals surface area contributed by atoms with Gasteiger partial charge in [0.2, 0.25) is 10.0 Å². The van der Waals surface area contributed by atoms with Gasteiger partial charge in [0.15, 0.2) is 0 Å². The van der Waals surface area contributed by atoms with Crippen LogP contribution >= 0.6 is 0 Å². The van der Waals surface area contributed by atoms with E-state index < -0.39 is 10.0 Å². The number of piperazine rings is 1. The summed E-state index contributed by atoms with van der Waals surface area (Å²) in [5, 5.41) is 7.75. The summed E-state index contributed by atoms with van der Waals surface area (Å²) in [7, 11) is -3.58. The number of hydrogen-bond acceptors (Lipinski definition) is 4. The molecule has 2 heterocycles. The number of fused-ring (bicyclic) bond motifs is 1. The van der Waals surface area contributed by atoms with E-state index in [2.05, 4.69) is 31.0 Å². The summed E-state index contributed by atoms with van der Waals surface area (Å²) < 4.78 is 27.5. The lowest BCUT2D eigenvalue weighted by Crippen LogP contribution is -2.50. The second-order valence-corrected chi connectivity index (χ2v) is 10.5. The maximum Gasteiger partial charge on any atom is 0.256 e. The van der Waals surface area contributed by atoms with Gasteiger partial charge in [0.05, 0.1) is 22.2 Å². The zero-order valence-corrected chi connectivity index (χ0v) is 18.2. The van der Waals surface area contributed by atoms with Crippen LogP contribution in [0.3, 0.4) is 0 Å². The van der Waals surface area contributed by atoms with Gasteiger partial charge in [0.25, 0.3) is 5.91 Å². The first-order chi connectivity index (χ1) is 14.2. The van der Waals surface area contributed by atoms with Crippen LogP contribution in [0.2, 0.25) is 0 Å². The Morgan fingerprint density at radius 3 is 2.30 bits per heavy atom. The lowest BCUT2D eigenvalue weighted by atomic mass is 9.87. The van der Waals surface area contributed by atoms with Crippen molar-refractivity contribution in [3.05, 3.63) is 59.8 Å². The Bertz CT molecular complexity index is 1170. The molecular weight excluding hydrogens is 400 g/mol. The number of para-hydroxylation sites is 1. The van der Waals surface area contributed by atoms with Crippen LogP contribution in [0.25, 0.3) is 10.9 Å². The second-order valence-electron chi connectivity index (χ2n) is 8.61. The quantitative estimate of drug-likeness (QED) is 0.698. The molecule has 1 aromatic heterocycles. The van der Waals surface area contributed by atoms with Crippen LogP contribution in [-0.2, 0) is 15.4 Å². The number of carbonyl (C=O) groups is 1. The van der Waals surface area contributed by atoms with Crippen molar-refractivity contribution in [1.29, 1.82) is 0 Å². The minimum atomic E-state index is -3.58. The normalized spacial score (nSPS) is 16.2. The Kier molecular flexibility index (Phi) is 5.15. The predicted octanol–water partition coefficient (Wildman–Crippen LogP) is 3.01. The van der Waals surface area contributed by atoms with Crippen LogP contribution in [0.4, 0.5) is 0 Å². The Morgan fingerprint density at radius 2 is 1.67 bits per heavy atom. The highest BCUT2D eigenvalue weighted by atomic mass is 32.2. The van der Waals surface area contributed by atoms with Crippen LogP contribution in [0.15, 0.2) is 53.6 Å². The Balaban J connectivity index is 1.47.